The van der Waals surface area contributed by atoms with Crippen LogP contribution in [0.5, 0.6) is 0 Å². The predicted octanol–water partition coefficient (Wildman–Crippen LogP) is 4.79. The lowest BCUT2D eigenvalue weighted by atomic mass is 9.77. The van der Waals surface area contributed by atoms with E-state index in [4.69, 9.17) is 16.3 Å². The molecule has 174 valence electrons. The number of carbonyl (C=O) groups is 4. The highest BCUT2D eigenvalue weighted by atomic mass is 79.9. The summed E-state index contributed by atoms with van der Waals surface area (Å²) in [5.41, 5.74) is -0.314. The molecule has 2 heterocycles. The molecule has 3 aliphatic rings. The molecule has 0 unspecified atom stereocenters. The van der Waals surface area contributed by atoms with Crippen LogP contribution in [0.1, 0.15) is 37.9 Å². The predicted molar refractivity (Wildman–Crippen MR) is 130 cm³/mol. The molecule has 1 aliphatic carbocycles. The van der Waals surface area contributed by atoms with Crippen LogP contribution in [0.3, 0.4) is 0 Å². The lowest BCUT2D eigenvalue weighted by Crippen LogP contribution is -2.50. The summed E-state index contributed by atoms with van der Waals surface area (Å²) in [6.45, 7) is 0.0142. The van der Waals surface area contributed by atoms with Crippen molar-refractivity contribution in [2.24, 2.45) is 11.8 Å². The minimum Gasteiger partial charge on any atom is -0.349 e. The van der Waals surface area contributed by atoms with E-state index in [9.17, 15) is 19.2 Å². The molecule has 2 aliphatic heterocycles. The molecule has 35 heavy (non-hydrogen) atoms. The number of rotatable bonds is 3. The van der Waals surface area contributed by atoms with Crippen LogP contribution < -0.4 is 0 Å². The Hall–Kier alpha value is -3.13. The molecule has 3 aromatic carbocycles. The monoisotopic (exact) mass is 549 g/mol. The summed E-state index contributed by atoms with van der Waals surface area (Å²) in [6, 6.07) is 20.4. The number of likely N-dealkylation sites (tertiary alicyclic amines) is 1. The van der Waals surface area contributed by atoms with Gasteiger partial charge in [-0.25, -0.2) is 0 Å². The van der Waals surface area contributed by atoms with Crippen LogP contribution in [0.2, 0.25) is 5.02 Å². The van der Waals surface area contributed by atoms with Crippen molar-refractivity contribution in [1.29, 1.82) is 0 Å². The number of nitrogens with zero attached hydrogens (tertiary/aromatic N) is 1. The second kappa shape index (κ2) is 7.95. The van der Waals surface area contributed by atoms with E-state index < -0.39 is 46.9 Å². The van der Waals surface area contributed by atoms with Gasteiger partial charge in [0.25, 0.3) is 0 Å². The zero-order chi connectivity index (χ0) is 24.5. The van der Waals surface area contributed by atoms with Gasteiger partial charge in [-0.3, -0.25) is 24.1 Å². The van der Waals surface area contributed by atoms with Crippen molar-refractivity contribution in [1.82, 2.24) is 4.90 Å². The van der Waals surface area contributed by atoms with E-state index in [1.54, 1.807) is 72.8 Å². The first-order valence-corrected chi connectivity index (χ1v) is 12.2. The minimum absolute atomic E-state index is 0.0142. The quantitative estimate of drug-likeness (QED) is 0.346. The molecule has 0 N–H and O–H groups in total. The number of ether oxygens (including phenoxy) is 1. The normalized spacial score (nSPS) is 24.4. The highest BCUT2D eigenvalue weighted by molar-refractivity contribution is 9.10. The third-order valence-electron chi connectivity index (χ3n) is 7.06. The van der Waals surface area contributed by atoms with E-state index in [0.29, 0.717) is 16.1 Å². The van der Waals surface area contributed by atoms with Crippen molar-refractivity contribution in [3.8, 4) is 0 Å². The van der Waals surface area contributed by atoms with Gasteiger partial charge in [0.15, 0.2) is 0 Å². The molecule has 0 radical (unpaired) electrons. The zero-order valence-electron chi connectivity index (χ0n) is 18.1. The summed E-state index contributed by atoms with van der Waals surface area (Å²) in [5.74, 6) is -4.42. The molecule has 6 rings (SSSR count). The van der Waals surface area contributed by atoms with E-state index in [1.165, 1.54) is 0 Å². The Morgan fingerprint density at radius 1 is 0.829 bits per heavy atom. The number of carbonyl (C=O) groups excluding carboxylic acids is 4. The van der Waals surface area contributed by atoms with Gasteiger partial charge in [0.1, 0.15) is 0 Å². The first-order valence-electron chi connectivity index (χ1n) is 11.0. The fourth-order valence-electron chi connectivity index (χ4n) is 5.46. The summed E-state index contributed by atoms with van der Waals surface area (Å²) in [7, 11) is 0. The maximum atomic E-state index is 13.8. The fourth-order valence-corrected chi connectivity index (χ4v) is 5.85. The maximum absolute atomic E-state index is 13.8. The van der Waals surface area contributed by atoms with E-state index in [2.05, 4.69) is 15.9 Å². The highest BCUT2D eigenvalue weighted by Gasteiger charge is 2.74. The van der Waals surface area contributed by atoms with Gasteiger partial charge in [-0.15, -0.1) is 0 Å². The summed E-state index contributed by atoms with van der Waals surface area (Å²) >= 11 is 9.37. The van der Waals surface area contributed by atoms with E-state index >= 15 is 0 Å². The molecule has 8 heteroatoms. The Bertz CT molecular complexity index is 1380. The number of amides is 2. The number of fused-ring (bicyclic) bond motifs is 3. The lowest BCUT2D eigenvalue weighted by Gasteiger charge is -2.27. The van der Waals surface area contributed by atoms with Gasteiger partial charge in [-0.2, -0.15) is 0 Å². The first-order chi connectivity index (χ1) is 16.8. The van der Waals surface area contributed by atoms with Crippen LogP contribution >= 0.6 is 27.5 Å². The number of Topliss-reactive ketones (excluding diaryl/α,β-unsaturated/α-hetero) is 2. The minimum atomic E-state index is -2.06. The summed E-state index contributed by atoms with van der Waals surface area (Å²) in [6.07, 6.45) is -0.929. The van der Waals surface area contributed by atoms with Crippen molar-refractivity contribution in [2.75, 3.05) is 0 Å². The van der Waals surface area contributed by atoms with Crippen molar-refractivity contribution in [2.45, 2.75) is 18.2 Å². The molecular weight excluding hydrogens is 534 g/mol. The van der Waals surface area contributed by atoms with Crippen molar-refractivity contribution >= 4 is 50.9 Å². The molecule has 3 atom stereocenters. The van der Waals surface area contributed by atoms with E-state index in [-0.39, 0.29) is 17.7 Å². The van der Waals surface area contributed by atoms with Gasteiger partial charge in [-0.05, 0) is 35.4 Å². The maximum Gasteiger partial charge on any atom is 0.237 e. The van der Waals surface area contributed by atoms with Gasteiger partial charge in [0.05, 0.1) is 24.5 Å². The smallest absolute Gasteiger partial charge is 0.237 e. The van der Waals surface area contributed by atoms with E-state index in [0.717, 1.165) is 9.37 Å². The van der Waals surface area contributed by atoms with Crippen molar-refractivity contribution < 1.29 is 23.9 Å². The molecule has 2 fully saturated rings. The number of imide groups is 1. The number of hydrogen-bond acceptors (Lipinski definition) is 5. The Morgan fingerprint density at radius 3 is 2.03 bits per heavy atom. The average molecular weight is 551 g/mol. The number of ketones is 2. The van der Waals surface area contributed by atoms with Gasteiger partial charge >= 0.3 is 0 Å². The molecule has 1 spiro atoms. The summed E-state index contributed by atoms with van der Waals surface area (Å²) in [4.78, 5) is 56.1. The number of halogens is 2. The molecule has 3 aromatic rings. The molecule has 2 amide bonds. The van der Waals surface area contributed by atoms with Crippen LogP contribution in [0, 0.1) is 11.8 Å². The largest absolute Gasteiger partial charge is 0.349 e. The fraction of sp³-hybridized carbons (Fsp3) is 0.185. The van der Waals surface area contributed by atoms with Crippen LogP contribution in [0.15, 0.2) is 77.3 Å². The molecular formula is C27H17BrClNO5. The highest BCUT2D eigenvalue weighted by Crippen LogP contribution is 2.57. The van der Waals surface area contributed by atoms with Crippen LogP contribution in [0.25, 0.3) is 0 Å². The van der Waals surface area contributed by atoms with E-state index in [1.807, 2.05) is 0 Å². The third-order valence-corrected chi connectivity index (χ3v) is 7.84. The zero-order valence-corrected chi connectivity index (χ0v) is 20.5. The average Bonchev–Trinajstić information content (AvgIpc) is 3.42. The second-order valence-electron chi connectivity index (χ2n) is 8.92. The summed E-state index contributed by atoms with van der Waals surface area (Å²) < 4.78 is 7.09. The van der Waals surface area contributed by atoms with Crippen molar-refractivity contribution in [3.05, 3.63) is 105 Å². The second-order valence-corrected chi connectivity index (χ2v) is 10.3. The SMILES string of the molecule is O=C1[C@@H]2[C@H](c3ccc(Br)cc3)OC3(C(=O)c4ccccc4C3=O)[C@H]2C(=O)N1Cc1ccc(Cl)cc1. The topological polar surface area (TPSA) is 80.8 Å². The Labute approximate surface area is 214 Å². The Kier molecular flexibility index (Phi) is 5.07. The van der Waals surface area contributed by atoms with Crippen molar-refractivity contribution in [3.63, 3.8) is 0 Å². The van der Waals surface area contributed by atoms with Crippen LogP contribution in [0.4, 0.5) is 0 Å². The molecule has 2 saturated heterocycles. The third kappa shape index (κ3) is 3.12. The van der Waals surface area contributed by atoms with Gasteiger partial charge in [0, 0.05) is 20.6 Å². The molecule has 0 bridgehead atoms. The Balaban J connectivity index is 1.48. The van der Waals surface area contributed by atoms with Crippen LogP contribution in [-0.2, 0) is 20.9 Å². The first kappa shape index (κ1) is 22.3. The number of benzene rings is 3. The number of hydrogen-bond donors (Lipinski definition) is 0. The molecule has 0 saturated carbocycles. The summed E-state index contributed by atoms with van der Waals surface area (Å²) in [5, 5.41) is 0.535. The molecule has 6 nitrogen and oxygen atoms in total. The van der Waals surface area contributed by atoms with Gasteiger partial charge in [0.2, 0.25) is 29.0 Å². The molecule has 0 aromatic heterocycles. The lowest BCUT2D eigenvalue weighted by molar-refractivity contribution is -0.145. The standard InChI is InChI=1S/C27H17BrClNO5/c28-16-9-7-15(8-10-16)22-20-21(26(34)30(25(20)33)13-14-5-11-17(29)12-6-14)27(35-22)23(31)18-3-1-2-4-19(18)24(27)32/h1-12,20-22H,13H2/t20-,21+,22-/m0/s1. The Morgan fingerprint density at radius 2 is 1.43 bits per heavy atom. The van der Waals surface area contributed by atoms with Gasteiger partial charge in [-0.1, -0.05) is 76.1 Å². The van der Waals surface area contributed by atoms with Crippen LogP contribution in [-0.4, -0.2) is 33.9 Å². The van der Waals surface area contributed by atoms with Gasteiger partial charge < -0.3 is 4.74 Å².